The van der Waals surface area contributed by atoms with Gasteiger partial charge in [0.1, 0.15) is 0 Å². The van der Waals surface area contributed by atoms with Crippen molar-refractivity contribution in [1.29, 1.82) is 0 Å². The van der Waals surface area contributed by atoms with Gasteiger partial charge in [-0.2, -0.15) is 0 Å². The zero-order valence-electron chi connectivity index (χ0n) is 9.34. The van der Waals surface area contributed by atoms with Crippen molar-refractivity contribution < 1.29 is 4.79 Å². The van der Waals surface area contributed by atoms with Crippen LogP contribution in [0.2, 0.25) is 0 Å². The van der Waals surface area contributed by atoms with Crippen LogP contribution >= 0.6 is 24.0 Å². The lowest BCUT2D eigenvalue weighted by Crippen LogP contribution is -2.40. The van der Waals surface area contributed by atoms with E-state index >= 15 is 0 Å². The molecule has 1 fully saturated rings. The fourth-order valence-electron chi connectivity index (χ4n) is 1.46. The summed E-state index contributed by atoms with van der Waals surface area (Å²) in [5.41, 5.74) is 3.94. The molecule has 0 radical (unpaired) electrons. The highest BCUT2D eigenvalue weighted by Crippen LogP contribution is 2.31. The average Bonchev–Trinajstić information content (AvgIpc) is 2.59. The van der Waals surface area contributed by atoms with E-state index in [-0.39, 0.29) is 5.91 Å². The van der Waals surface area contributed by atoms with Crippen molar-refractivity contribution in [1.82, 2.24) is 10.4 Å². The molecule has 0 atom stereocenters. The topological polar surface area (TPSA) is 32.3 Å². The van der Waals surface area contributed by atoms with Gasteiger partial charge in [0.15, 0.2) is 4.32 Å². The molecule has 1 N–H and O–H groups in total. The molecule has 2 rings (SSSR count). The SMILES string of the molecule is CCNN1C(=O)C(=Cc2ccccc2)SC1=S. The van der Waals surface area contributed by atoms with Crippen LogP contribution in [0.25, 0.3) is 6.08 Å². The third-order valence-electron chi connectivity index (χ3n) is 2.21. The number of rotatable bonds is 3. The number of benzene rings is 1. The molecule has 5 heteroatoms. The maximum Gasteiger partial charge on any atom is 0.280 e. The Morgan fingerprint density at radius 1 is 1.41 bits per heavy atom. The first kappa shape index (κ1) is 12.3. The van der Waals surface area contributed by atoms with Crippen molar-refractivity contribution >= 4 is 40.3 Å². The summed E-state index contributed by atoms with van der Waals surface area (Å²) in [6.07, 6.45) is 1.86. The van der Waals surface area contributed by atoms with E-state index in [1.165, 1.54) is 16.8 Å². The Hall–Kier alpha value is -1.17. The highest BCUT2D eigenvalue weighted by molar-refractivity contribution is 8.26. The van der Waals surface area contributed by atoms with E-state index in [0.29, 0.717) is 15.8 Å². The molecule has 3 nitrogen and oxygen atoms in total. The van der Waals surface area contributed by atoms with Gasteiger partial charge in [0.25, 0.3) is 5.91 Å². The van der Waals surface area contributed by atoms with Crippen LogP contribution < -0.4 is 5.43 Å². The number of carbonyl (C=O) groups excluding carboxylic acids is 1. The Kier molecular flexibility index (Phi) is 3.93. The molecule has 17 heavy (non-hydrogen) atoms. The zero-order chi connectivity index (χ0) is 12.3. The highest BCUT2D eigenvalue weighted by atomic mass is 32.2. The van der Waals surface area contributed by atoms with Gasteiger partial charge in [0, 0.05) is 6.54 Å². The third kappa shape index (κ3) is 2.74. The number of carbonyl (C=O) groups is 1. The van der Waals surface area contributed by atoms with Gasteiger partial charge in [-0.1, -0.05) is 61.2 Å². The summed E-state index contributed by atoms with van der Waals surface area (Å²) in [7, 11) is 0. The molecule has 1 saturated heterocycles. The number of hydrazine groups is 1. The number of amides is 1. The first-order chi connectivity index (χ1) is 8.22. The van der Waals surface area contributed by atoms with Gasteiger partial charge in [0.2, 0.25) is 0 Å². The van der Waals surface area contributed by atoms with Gasteiger partial charge < -0.3 is 0 Å². The van der Waals surface area contributed by atoms with Gasteiger partial charge in [-0.3, -0.25) is 4.79 Å². The molecule has 0 spiro atoms. The molecular weight excluding hydrogens is 252 g/mol. The van der Waals surface area contributed by atoms with Gasteiger partial charge in [-0.05, 0) is 11.6 Å². The van der Waals surface area contributed by atoms with Crippen LogP contribution in [0.4, 0.5) is 0 Å². The van der Waals surface area contributed by atoms with Crippen LogP contribution in [0.3, 0.4) is 0 Å². The molecule has 0 bridgehead atoms. The van der Waals surface area contributed by atoms with Gasteiger partial charge in [-0.15, -0.1) is 0 Å². The molecule has 1 aliphatic heterocycles. The Morgan fingerprint density at radius 3 is 2.76 bits per heavy atom. The van der Waals surface area contributed by atoms with Crippen LogP contribution in [0.1, 0.15) is 12.5 Å². The minimum Gasteiger partial charge on any atom is -0.267 e. The summed E-state index contributed by atoms with van der Waals surface area (Å²) in [5, 5.41) is 1.43. The highest BCUT2D eigenvalue weighted by Gasteiger charge is 2.31. The zero-order valence-corrected chi connectivity index (χ0v) is 11.0. The molecule has 0 aliphatic carbocycles. The summed E-state index contributed by atoms with van der Waals surface area (Å²) >= 11 is 6.46. The fraction of sp³-hybridized carbons (Fsp3) is 0.167. The van der Waals surface area contributed by atoms with E-state index in [0.717, 1.165) is 5.56 Å². The molecule has 0 saturated carbocycles. The van der Waals surface area contributed by atoms with Gasteiger partial charge in [0.05, 0.1) is 4.91 Å². The lowest BCUT2D eigenvalue weighted by atomic mass is 10.2. The quantitative estimate of drug-likeness (QED) is 0.671. The standard InChI is InChI=1S/C12H12N2OS2/c1-2-13-14-11(15)10(17-12(14)16)8-9-6-4-3-5-7-9/h3-8,13H,2H2,1H3. The lowest BCUT2D eigenvalue weighted by Gasteiger charge is -2.13. The molecule has 88 valence electrons. The molecular formula is C12H12N2OS2. The van der Waals surface area contributed by atoms with E-state index in [1.807, 2.05) is 43.3 Å². The molecule has 1 aliphatic rings. The third-order valence-corrected chi connectivity index (χ3v) is 3.51. The Balaban J connectivity index is 2.22. The Bertz CT molecular complexity index is 471. The summed E-state index contributed by atoms with van der Waals surface area (Å²) in [6.45, 7) is 2.60. The lowest BCUT2D eigenvalue weighted by molar-refractivity contribution is -0.124. The first-order valence-corrected chi connectivity index (χ1v) is 6.51. The monoisotopic (exact) mass is 264 g/mol. The van der Waals surface area contributed by atoms with Gasteiger partial charge in [-0.25, -0.2) is 10.4 Å². The summed E-state index contributed by atoms with van der Waals surface area (Å²) in [6, 6.07) is 9.74. The van der Waals surface area contributed by atoms with Crippen molar-refractivity contribution in [2.24, 2.45) is 0 Å². The van der Waals surface area contributed by atoms with E-state index in [1.54, 1.807) is 0 Å². The minimum absolute atomic E-state index is 0.0781. The molecule has 0 aromatic heterocycles. The normalized spacial score (nSPS) is 18.2. The van der Waals surface area contributed by atoms with Crippen molar-refractivity contribution in [3.8, 4) is 0 Å². The van der Waals surface area contributed by atoms with E-state index in [4.69, 9.17) is 12.2 Å². The summed E-state index contributed by atoms with van der Waals surface area (Å²) in [5.74, 6) is -0.0781. The maximum atomic E-state index is 12.0. The average molecular weight is 264 g/mol. The largest absolute Gasteiger partial charge is 0.280 e. The predicted molar refractivity (Wildman–Crippen MR) is 75.1 cm³/mol. The fourth-order valence-corrected chi connectivity index (χ4v) is 2.68. The van der Waals surface area contributed by atoms with Crippen molar-refractivity contribution in [3.05, 3.63) is 40.8 Å². The maximum absolute atomic E-state index is 12.0. The van der Waals surface area contributed by atoms with E-state index in [9.17, 15) is 4.79 Å². The number of hydrogen-bond donors (Lipinski definition) is 1. The second kappa shape index (κ2) is 5.44. The predicted octanol–water partition coefficient (Wildman–Crippen LogP) is 2.41. The smallest absolute Gasteiger partial charge is 0.267 e. The molecule has 1 heterocycles. The number of nitrogens with one attached hydrogen (secondary N) is 1. The molecule has 1 aromatic rings. The van der Waals surface area contributed by atoms with Crippen LogP contribution in [0.5, 0.6) is 0 Å². The number of thiocarbonyl (C=S) groups is 1. The summed E-state index contributed by atoms with van der Waals surface area (Å²) in [4.78, 5) is 12.7. The molecule has 1 aromatic carbocycles. The van der Waals surface area contributed by atoms with Crippen molar-refractivity contribution in [2.75, 3.05) is 6.54 Å². The van der Waals surface area contributed by atoms with Gasteiger partial charge >= 0.3 is 0 Å². The van der Waals surface area contributed by atoms with Crippen molar-refractivity contribution in [3.63, 3.8) is 0 Å². The van der Waals surface area contributed by atoms with E-state index in [2.05, 4.69) is 5.43 Å². The summed E-state index contributed by atoms with van der Waals surface area (Å²) < 4.78 is 0.555. The number of thioether (sulfide) groups is 1. The van der Waals surface area contributed by atoms with Crippen LogP contribution in [0.15, 0.2) is 35.2 Å². The Labute approximate surface area is 110 Å². The second-order valence-electron chi connectivity index (χ2n) is 3.44. The molecule has 1 amide bonds. The minimum atomic E-state index is -0.0781. The molecule has 0 unspecified atom stereocenters. The second-order valence-corrected chi connectivity index (χ2v) is 5.12. The number of nitrogens with zero attached hydrogens (tertiary/aromatic N) is 1. The first-order valence-electron chi connectivity index (χ1n) is 5.29. The Morgan fingerprint density at radius 2 is 2.12 bits per heavy atom. The van der Waals surface area contributed by atoms with Crippen LogP contribution in [0, 0.1) is 0 Å². The number of hydrogen-bond acceptors (Lipinski definition) is 4. The van der Waals surface area contributed by atoms with E-state index < -0.39 is 0 Å². The van der Waals surface area contributed by atoms with Crippen molar-refractivity contribution in [2.45, 2.75) is 6.92 Å². The van der Waals surface area contributed by atoms with Crippen LogP contribution in [-0.2, 0) is 4.79 Å². The van der Waals surface area contributed by atoms with Crippen LogP contribution in [-0.4, -0.2) is 21.8 Å².